The third-order valence-electron chi connectivity index (χ3n) is 3.67. The second kappa shape index (κ2) is 4.87. The van der Waals surface area contributed by atoms with Crippen molar-refractivity contribution in [2.75, 3.05) is 6.26 Å². The minimum Gasteiger partial charge on any atom is -0.422 e. The number of hydrogen-bond donors (Lipinski definition) is 0. The van der Waals surface area contributed by atoms with Crippen LogP contribution in [-0.4, -0.2) is 14.7 Å². The monoisotopic (exact) mass is 308 g/mol. The molecule has 0 saturated carbocycles. The lowest BCUT2D eigenvalue weighted by Crippen LogP contribution is -2.16. The molecule has 0 saturated heterocycles. The van der Waals surface area contributed by atoms with E-state index in [1.54, 1.807) is 19.1 Å². The Labute approximate surface area is 122 Å². The van der Waals surface area contributed by atoms with Crippen molar-refractivity contribution < 1.29 is 17.0 Å². The highest BCUT2D eigenvalue weighted by atomic mass is 32.2. The molecule has 1 aliphatic carbocycles. The fourth-order valence-corrected chi connectivity index (χ4v) is 3.35. The smallest absolute Gasteiger partial charge is 0.339 e. The van der Waals surface area contributed by atoms with Crippen LogP contribution in [0.1, 0.15) is 29.5 Å². The van der Waals surface area contributed by atoms with Crippen LogP contribution in [0.25, 0.3) is 11.0 Å². The van der Waals surface area contributed by atoms with Gasteiger partial charge in [0.15, 0.2) is 5.75 Å². The van der Waals surface area contributed by atoms with E-state index in [-0.39, 0.29) is 11.4 Å². The first kappa shape index (κ1) is 14.1. The summed E-state index contributed by atoms with van der Waals surface area (Å²) in [5.74, 6) is 0.245. The Hall–Kier alpha value is -1.82. The molecule has 0 amide bonds. The van der Waals surface area contributed by atoms with Gasteiger partial charge in [-0.1, -0.05) is 0 Å². The van der Waals surface area contributed by atoms with Crippen LogP contribution in [0.4, 0.5) is 0 Å². The van der Waals surface area contributed by atoms with Crippen molar-refractivity contribution in [2.45, 2.75) is 32.6 Å². The molecule has 1 heterocycles. The van der Waals surface area contributed by atoms with Crippen LogP contribution < -0.4 is 9.81 Å². The van der Waals surface area contributed by atoms with E-state index in [0.717, 1.165) is 36.6 Å². The number of aryl methyl sites for hydroxylation is 2. The Morgan fingerprint density at radius 3 is 2.48 bits per heavy atom. The second-order valence-corrected chi connectivity index (χ2v) is 7.05. The molecule has 21 heavy (non-hydrogen) atoms. The molecule has 0 radical (unpaired) electrons. The standard InChI is InChI=1S/C15H16O5S/c1-9-7-12-14(13(8-9)20-21(2,17)18)10-5-3-4-6-11(10)15(16)19-12/h7-8H,3-6H2,1-2H3. The zero-order valence-corrected chi connectivity index (χ0v) is 12.7. The number of fused-ring (bicyclic) bond motifs is 3. The van der Waals surface area contributed by atoms with E-state index in [2.05, 4.69) is 0 Å². The molecular weight excluding hydrogens is 292 g/mol. The fraction of sp³-hybridized carbons (Fsp3) is 0.400. The van der Waals surface area contributed by atoms with Crippen LogP contribution in [0.5, 0.6) is 5.75 Å². The Kier molecular flexibility index (Phi) is 3.28. The Morgan fingerprint density at radius 1 is 1.14 bits per heavy atom. The maximum absolute atomic E-state index is 12.1. The molecule has 0 atom stereocenters. The lowest BCUT2D eigenvalue weighted by molar-refractivity contribution is 0.492. The summed E-state index contributed by atoms with van der Waals surface area (Å²) in [4.78, 5) is 12.1. The quantitative estimate of drug-likeness (QED) is 0.629. The summed E-state index contributed by atoms with van der Waals surface area (Å²) in [6.45, 7) is 1.80. The summed E-state index contributed by atoms with van der Waals surface area (Å²) in [7, 11) is -3.64. The van der Waals surface area contributed by atoms with Crippen molar-refractivity contribution >= 4 is 21.1 Å². The van der Waals surface area contributed by atoms with Gasteiger partial charge in [0.25, 0.3) is 0 Å². The topological polar surface area (TPSA) is 73.6 Å². The van der Waals surface area contributed by atoms with Crippen molar-refractivity contribution in [3.05, 3.63) is 39.2 Å². The maximum atomic E-state index is 12.1. The largest absolute Gasteiger partial charge is 0.422 e. The Balaban J connectivity index is 2.39. The van der Waals surface area contributed by atoms with Crippen LogP contribution in [0.2, 0.25) is 0 Å². The predicted octanol–water partition coefficient (Wildman–Crippen LogP) is 2.32. The van der Waals surface area contributed by atoms with E-state index < -0.39 is 10.1 Å². The molecule has 0 fully saturated rings. The van der Waals surface area contributed by atoms with Crippen molar-refractivity contribution in [3.8, 4) is 5.75 Å². The second-order valence-electron chi connectivity index (χ2n) is 5.48. The molecule has 3 rings (SSSR count). The molecule has 0 N–H and O–H groups in total. The van der Waals surface area contributed by atoms with Gasteiger partial charge in [-0.3, -0.25) is 0 Å². The summed E-state index contributed by atoms with van der Waals surface area (Å²) in [6, 6.07) is 3.40. The van der Waals surface area contributed by atoms with Crippen molar-refractivity contribution in [2.24, 2.45) is 0 Å². The highest BCUT2D eigenvalue weighted by molar-refractivity contribution is 7.86. The van der Waals surface area contributed by atoms with Gasteiger partial charge in [0.2, 0.25) is 0 Å². The molecule has 0 spiro atoms. The molecular formula is C15H16O5S. The number of benzene rings is 1. The van der Waals surface area contributed by atoms with E-state index in [4.69, 9.17) is 8.60 Å². The zero-order valence-electron chi connectivity index (χ0n) is 11.9. The predicted molar refractivity (Wildman–Crippen MR) is 79.3 cm³/mol. The molecule has 5 nitrogen and oxygen atoms in total. The van der Waals surface area contributed by atoms with Crippen LogP contribution in [0.15, 0.2) is 21.3 Å². The fourth-order valence-electron chi connectivity index (χ4n) is 2.90. The summed E-state index contributed by atoms with van der Waals surface area (Å²) in [6.07, 6.45) is 4.32. The van der Waals surface area contributed by atoms with Gasteiger partial charge >= 0.3 is 15.7 Å². The minimum absolute atomic E-state index is 0.245. The molecule has 0 bridgehead atoms. The lowest BCUT2D eigenvalue weighted by Gasteiger charge is -2.18. The number of rotatable bonds is 2. The highest BCUT2D eigenvalue weighted by Crippen LogP contribution is 2.35. The molecule has 6 heteroatoms. The van der Waals surface area contributed by atoms with Crippen LogP contribution in [0.3, 0.4) is 0 Å². The third-order valence-corrected chi connectivity index (χ3v) is 4.15. The molecule has 0 unspecified atom stereocenters. The zero-order chi connectivity index (χ0) is 15.2. The molecule has 2 aromatic rings. The van der Waals surface area contributed by atoms with E-state index in [0.29, 0.717) is 23.0 Å². The maximum Gasteiger partial charge on any atom is 0.339 e. The average molecular weight is 308 g/mol. The van der Waals surface area contributed by atoms with Gasteiger partial charge in [0.05, 0.1) is 11.6 Å². The first-order valence-corrected chi connectivity index (χ1v) is 8.65. The molecule has 0 aliphatic heterocycles. The van der Waals surface area contributed by atoms with E-state index in [1.165, 1.54) is 0 Å². The van der Waals surface area contributed by atoms with Gasteiger partial charge in [-0.2, -0.15) is 8.42 Å². The summed E-state index contributed by atoms with van der Waals surface area (Å²) < 4.78 is 33.4. The van der Waals surface area contributed by atoms with Gasteiger partial charge in [-0.25, -0.2) is 4.79 Å². The van der Waals surface area contributed by atoms with Gasteiger partial charge in [-0.15, -0.1) is 0 Å². The Morgan fingerprint density at radius 2 is 1.81 bits per heavy atom. The summed E-state index contributed by atoms with van der Waals surface area (Å²) in [5.41, 5.74) is 2.36. The minimum atomic E-state index is -3.64. The van der Waals surface area contributed by atoms with E-state index in [1.807, 2.05) is 0 Å². The Bertz CT molecular complexity index is 877. The van der Waals surface area contributed by atoms with Crippen molar-refractivity contribution in [1.29, 1.82) is 0 Å². The summed E-state index contributed by atoms with van der Waals surface area (Å²) in [5, 5.41) is 0.611. The van der Waals surface area contributed by atoms with E-state index >= 15 is 0 Å². The van der Waals surface area contributed by atoms with E-state index in [9.17, 15) is 13.2 Å². The number of hydrogen-bond acceptors (Lipinski definition) is 5. The highest BCUT2D eigenvalue weighted by Gasteiger charge is 2.22. The average Bonchev–Trinajstić information content (AvgIpc) is 2.36. The first-order valence-electron chi connectivity index (χ1n) is 6.84. The SMILES string of the molecule is Cc1cc(OS(C)(=O)=O)c2c3c(c(=O)oc2c1)CCCC3. The first-order chi connectivity index (χ1) is 9.85. The molecule has 1 aromatic heterocycles. The lowest BCUT2D eigenvalue weighted by atomic mass is 9.90. The van der Waals surface area contributed by atoms with Gasteiger partial charge in [-0.05, 0) is 55.9 Å². The normalized spacial score (nSPS) is 15.0. The van der Waals surface area contributed by atoms with Crippen LogP contribution >= 0.6 is 0 Å². The molecule has 1 aromatic carbocycles. The van der Waals surface area contributed by atoms with Gasteiger partial charge in [0.1, 0.15) is 5.58 Å². The van der Waals surface area contributed by atoms with Crippen molar-refractivity contribution in [1.82, 2.24) is 0 Å². The van der Waals surface area contributed by atoms with Crippen LogP contribution in [0, 0.1) is 6.92 Å². The van der Waals surface area contributed by atoms with Gasteiger partial charge < -0.3 is 8.60 Å². The molecule has 112 valence electrons. The molecule has 1 aliphatic rings. The van der Waals surface area contributed by atoms with Gasteiger partial charge in [0, 0.05) is 5.56 Å². The third kappa shape index (κ3) is 2.68. The van der Waals surface area contributed by atoms with Crippen LogP contribution in [-0.2, 0) is 23.0 Å². The van der Waals surface area contributed by atoms with Crippen molar-refractivity contribution in [3.63, 3.8) is 0 Å². The summed E-state index contributed by atoms with van der Waals surface area (Å²) >= 11 is 0.